The van der Waals surface area contributed by atoms with Crippen molar-refractivity contribution in [2.75, 3.05) is 32.1 Å². The second kappa shape index (κ2) is 16.0. The Morgan fingerprint density at radius 3 is 2.52 bits per heavy atom. The summed E-state index contributed by atoms with van der Waals surface area (Å²) in [6.07, 6.45) is 13.4. The fourth-order valence-corrected chi connectivity index (χ4v) is 7.20. The monoisotopic (exact) mass is 686 g/mol. The zero-order valence-corrected chi connectivity index (χ0v) is 30.5. The number of nitrogens with one attached hydrogen (secondary N) is 1. The maximum absolute atomic E-state index is 13.6. The molecule has 50 heavy (non-hydrogen) atoms. The number of carbonyl (C=O) groups is 2. The summed E-state index contributed by atoms with van der Waals surface area (Å²) in [6.45, 7) is 11.0. The topological polar surface area (TPSA) is 113 Å². The van der Waals surface area contributed by atoms with E-state index in [1.165, 1.54) is 25.7 Å². The van der Waals surface area contributed by atoms with Crippen LogP contribution < -0.4 is 5.32 Å². The van der Waals surface area contributed by atoms with Crippen molar-refractivity contribution < 1.29 is 23.8 Å². The van der Waals surface area contributed by atoms with E-state index in [4.69, 9.17) is 19.3 Å². The number of benzene rings is 1. The van der Waals surface area contributed by atoms with E-state index in [9.17, 15) is 9.59 Å². The molecule has 2 aliphatic rings. The highest BCUT2D eigenvalue weighted by Gasteiger charge is 2.31. The number of anilines is 1. The van der Waals surface area contributed by atoms with E-state index in [2.05, 4.69) is 22.2 Å². The third-order valence-corrected chi connectivity index (χ3v) is 9.80. The Bertz CT molecular complexity index is 1780. The standard InChI is InChI=1S/C39H54N6O5/c1-27-30-18-17-28(23-33(30)44(42-27)20-11-8-6-7-9-12-21-48-36-16-10-13-22-49-36)37(46)41-35-25-32-29(26-40-35)24-34(31-15-14-19-43(31)5)45(32)38(47)50-39(2,3)4/h17-18,23-26,31,36H,6-16,19-22H2,1-5H3,(H,40,41,46)/t31-,36?/m1/s1. The van der Waals surface area contributed by atoms with Gasteiger partial charge in [0.15, 0.2) is 6.29 Å². The number of rotatable bonds is 13. The number of aromatic nitrogens is 4. The van der Waals surface area contributed by atoms with Crippen molar-refractivity contribution in [2.24, 2.45) is 0 Å². The van der Waals surface area contributed by atoms with Crippen LogP contribution in [-0.2, 0) is 20.8 Å². The van der Waals surface area contributed by atoms with Crippen LogP contribution >= 0.6 is 0 Å². The summed E-state index contributed by atoms with van der Waals surface area (Å²) in [7, 11) is 2.08. The van der Waals surface area contributed by atoms with Gasteiger partial charge in [-0.3, -0.25) is 14.4 Å². The first-order chi connectivity index (χ1) is 24.1. The molecule has 0 aliphatic carbocycles. The summed E-state index contributed by atoms with van der Waals surface area (Å²) < 4.78 is 21.0. The Labute approximate surface area is 295 Å². The van der Waals surface area contributed by atoms with Crippen molar-refractivity contribution in [3.63, 3.8) is 0 Å². The predicted molar refractivity (Wildman–Crippen MR) is 196 cm³/mol. The summed E-state index contributed by atoms with van der Waals surface area (Å²) in [6, 6.07) is 9.59. The Balaban J connectivity index is 1.08. The lowest BCUT2D eigenvalue weighted by Crippen LogP contribution is -2.30. The average molecular weight is 687 g/mol. The number of hydrogen-bond donors (Lipinski definition) is 1. The van der Waals surface area contributed by atoms with Gasteiger partial charge in [0.1, 0.15) is 11.4 Å². The molecule has 3 aromatic heterocycles. The molecular weight excluding hydrogens is 632 g/mol. The minimum atomic E-state index is -0.653. The van der Waals surface area contributed by atoms with Crippen LogP contribution in [0.15, 0.2) is 36.5 Å². The molecule has 0 bridgehead atoms. The van der Waals surface area contributed by atoms with Crippen LogP contribution in [0.5, 0.6) is 0 Å². The molecule has 1 aromatic carbocycles. The van der Waals surface area contributed by atoms with Crippen molar-refractivity contribution in [2.45, 2.75) is 123 Å². The first-order valence-corrected chi connectivity index (χ1v) is 18.5. The van der Waals surface area contributed by atoms with Crippen molar-refractivity contribution in [1.29, 1.82) is 0 Å². The van der Waals surface area contributed by atoms with Gasteiger partial charge in [-0.2, -0.15) is 5.10 Å². The first kappa shape index (κ1) is 36.0. The Kier molecular flexibility index (Phi) is 11.6. The molecule has 0 spiro atoms. The maximum atomic E-state index is 13.6. The number of amides is 1. The first-order valence-electron chi connectivity index (χ1n) is 18.5. The zero-order chi connectivity index (χ0) is 35.3. The van der Waals surface area contributed by atoms with Crippen LogP contribution in [0.2, 0.25) is 0 Å². The lowest BCUT2D eigenvalue weighted by Gasteiger charge is -2.24. The van der Waals surface area contributed by atoms with Crippen molar-refractivity contribution in [3.05, 3.63) is 53.5 Å². The van der Waals surface area contributed by atoms with Gasteiger partial charge in [-0.1, -0.05) is 31.7 Å². The van der Waals surface area contributed by atoms with E-state index in [1.807, 2.05) is 56.6 Å². The smallest absolute Gasteiger partial charge is 0.419 e. The zero-order valence-electron chi connectivity index (χ0n) is 30.5. The molecule has 2 fully saturated rings. The van der Waals surface area contributed by atoms with Gasteiger partial charge in [-0.05, 0) is 104 Å². The number of nitrogens with zero attached hydrogens (tertiary/aromatic N) is 5. The molecule has 2 saturated heterocycles. The van der Waals surface area contributed by atoms with E-state index >= 15 is 0 Å². The molecule has 5 heterocycles. The third kappa shape index (κ3) is 8.73. The Morgan fingerprint density at radius 2 is 1.78 bits per heavy atom. The third-order valence-electron chi connectivity index (χ3n) is 9.80. The summed E-state index contributed by atoms with van der Waals surface area (Å²) >= 11 is 0. The number of carbonyl (C=O) groups excluding carboxylic acids is 2. The Hall–Kier alpha value is -3.80. The predicted octanol–water partition coefficient (Wildman–Crippen LogP) is 8.38. The summed E-state index contributed by atoms with van der Waals surface area (Å²) in [4.78, 5) is 33.9. The van der Waals surface area contributed by atoms with Crippen molar-refractivity contribution >= 4 is 39.6 Å². The largest absolute Gasteiger partial charge is 0.443 e. The second-order valence-corrected chi connectivity index (χ2v) is 14.9. The number of unbranched alkanes of at least 4 members (excludes halogenated alkanes) is 5. The quantitative estimate of drug-likeness (QED) is 0.140. The van der Waals surface area contributed by atoms with Crippen LogP contribution in [-0.4, -0.2) is 74.9 Å². The molecule has 2 aliphatic heterocycles. The second-order valence-electron chi connectivity index (χ2n) is 14.9. The van der Waals surface area contributed by atoms with Gasteiger partial charge in [-0.25, -0.2) is 14.3 Å². The molecule has 6 rings (SSSR count). The lowest BCUT2D eigenvalue weighted by atomic mass is 10.1. The summed E-state index contributed by atoms with van der Waals surface area (Å²) in [5.74, 6) is 0.102. The van der Waals surface area contributed by atoms with Crippen LogP contribution in [0.25, 0.3) is 21.8 Å². The van der Waals surface area contributed by atoms with E-state index in [0.717, 1.165) is 98.9 Å². The van der Waals surface area contributed by atoms with Crippen molar-refractivity contribution in [3.8, 4) is 0 Å². The van der Waals surface area contributed by atoms with Crippen LogP contribution in [0.1, 0.15) is 119 Å². The van der Waals surface area contributed by atoms with Crippen molar-refractivity contribution in [1.82, 2.24) is 24.2 Å². The molecule has 4 aromatic rings. The van der Waals surface area contributed by atoms with Gasteiger partial charge in [0.2, 0.25) is 0 Å². The molecule has 0 saturated carbocycles. The number of ether oxygens (including phenoxy) is 3. The number of aryl methyl sites for hydroxylation is 2. The summed E-state index contributed by atoms with van der Waals surface area (Å²) in [5.41, 5.74) is 3.31. The molecule has 1 amide bonds. The number of pyridine rings is 1. The average Bonchev–Trinajstić information content (AvgIpc) is 3.77. The van der Waals surface area contributed by atoms with E-state index < -0.39 is 11.7 Å². The van der Waals surface area contributed by atoms with Gasteiger partial charge >= 0.3 is 6.09 Å². The molecule has 11 nitrogen and oxygen atoms in total. The van der Waals surface area contributed by atoms with Crippen LogP contribution in [0.3, 0.4) is 0 Å². The van der Waals surface area contributed by atoms with Gasteiger partial charge in [-0.15, -0.1) is 0 Å². The van der Waals surface area contributed by atoms with Gasteiger partial charge in [0.25, 0.3) is 5.91 Å². The molecule has 2 atom stereocenters. The van der Waals surface area contributed by atoms with Gasteiger partial charge in [0, 0.05) is 54.1 Å². The fraction of sp³-hybridized carbons (Fsp3) is 0.590. The number of fused-ring (bicyclic) bond motifs is 2. The number of hydrogen-bond acceptors (Lipinski definition) is 8. The fourth-order valence-electron chi connectivity index (χ4n) is 7.20. The normalized spacial score (nSPS) is 18.7. The highest BCUT2D eigenvalue weighted by molar-refractivity contribution is 6.06. The SMILES string of the molecule is Cc1nn(CCCCCCCCOC2CCCCO2)c2cc(C(=O)Nc3cc4c(cn3)cc([C@H]3CCCN3C)n4C(=O)OC(C)(C)C)ccc12. The van der Waals surface area contributed by atoms with E-state index in [1.54, 1.807) is 16.8 Å². The van der Waals surface area contributed by atoms with E-state index in [0.29, 0.717) is 16.9 Å². The molecule has 0 radical (unpaired) electrons. The van der Waals surface area contributed by atoms with Gasteiger partial charge in [0.05, 0.1) is 22.8 Å². The number of likely N-dealkylation sites (tertiary alicyclic amines) is 1. The van der Waals surface area contributed by atoms with Gasteiger partial charge < -0.3 is 19.5 Å². The van der Waals surface area contributed by atoms with Crippen LogP contribution in [0, 0.1) is 6.92 Å². The minimum absolute atomic E-state index is 0.00453. The maximum Gasteiger partial charge on any atom is 0.419 e. The molecule has 270 valence electrons. The molecular formula is C39H54N6O5. The highest BCUT2D eigenvalue weighted by atomic mass is 16.7. The highest BCUT2D eigenvalue weighted by Crippen LogP contribution is 2.35. The lowest BCUT2D eigenvalue weighted by molar-refractivity contribution is -0.162. The molecule has 1 unspecified atom stereocenters. The minimum Gasteiger partial charge on any atom is -0.443 e. The Morgan fingerprint density at radius 1 is 0.980 bits per heavy atom. The van der Waals surface area contributed by atoms with Crippen LogP contribution in [0.4, 0.5) is 10.6 Å². The summed E-state index contributed by atoms with van der Waals surface area (Å²) in [5, 5.41) is 9.64. The molecule has 1 N–H and O–H groups in total. The van der Waals surface area contributed by atoms with E-state index in [-0.39, 0.29) is 18.2 Å². The molecule has 11 heteroatoms.